The molecule has 1 aromatic heterocycles. The summed E-state index contributed by atoms with van der Waals surface area (Å²) in [6.07, 6.45) is 0.449. The molecule has 108 valence electrons. The fraction of sp³-hybridized carbons (Fsp3) is 0.692. The number of alkyl carbamates (subject to hydrolysis) is 1. The van der Waals surface area contributed by atoms with E-state index in [1.807, 2.05) is 33.8 Å². The molecule has 0 radical (unpaired) electrons. The zero-order chi connectivity index (χ0) is 14.3. The van der Waals surface area contributed by atoms with E-state index in [1.165, 1.54) is 0 Å². The fourth-order valence-electron chi connectivity index (χ4n) is 1.43. The van der Waals surface area contributed by atoms with Gasteiger partial charge in [-0.25, -0.2) is 4.79 Å². The first-order chi connectivity index (χ1) is 8.87. The molecule has 2 N–H and O–H groups in total. The van der Waals surface area contributed by atoms with Crippen LogP contribution in [0, 0.1) is 6.92 Å². The van der Waals surface area contributed by atoms with E-state index in [0.29, 0.717) is 13.1 Å². The van der Waals surface area contributed by atoms with Crippen molar-refractivity contribution in [2.75, 3.05) is 13.1 Å². The lowest BCUT2D eigenvalue weighted by Crippen LogP contribution is -2.33. The van der Waals surface area contributed by atoms with E-state index in [2.05, 4.69) is 15.8 Å². The third kappa shape index (κ3) is 7.46. The summed E-state index contributed by atoms with van der Waals surface area (Å²) >= 11 is 0. The molecule has 1 amide bonds. The molecule has 19 heavy (non-hydrogen) atoms. The number of carbonyl (C=O) groups is 1. The molecule has 0 fully saturated rings. The van der Waals surface area contributed by atoms with Crippen LogP contribution < -0.4 is 10.6 Å². The van der Waals surface area contributed by atoms with Gasteiger partial charge >= 0.3 is 6.09 Å². The number of nitrogens with one attached hydrogen (secondary N) is 2. The first-order valence-electron chi connectivity index (χ1n) is 6.46. The molecule has 0 bridgehead atoms. The molecule has 0 atom stereocenters. The Balaban J connectivity index is 2.01. The van der Waals surface area contributed by atoms with E-state index < -0.39 is 5.60 Å². The molecule has 0 unspecified atom stereocenters. The van der Waals surface area contributed by atoms with Crippen molar-refractivity contribution < 1.29 is 14.1 Å². The Morgan fingerprint density at radius 2 is 2.16 bits per heavy atom. The fourth-order valence-corrected chi connectivity index (χ4v) is 1.43. The van der Waals surface area contributed by atoms with E-state index in [4.69, 9.17) is 9.26 Å². The van der Waals surface area contributed by atoms with Crippen molar-refractivity contribution in [1.29, 1.82) is 0 Å². The second kappa shape index (κ2) is 7.13. The summed E-state index contributed by atoms with van der Waals surface area (Å²) in [6.45, 7) is 9.42. The Labute approximate surface area is 113 Å². The van der Waals surface area contributed by atoms with Gasteiger partial charge in [-0.3, -0.25) is 0 Å². The third-order valence-corrected chi connectivity index (χ3v) is 2.17. The van der Waals surface area contributed by atoms with Gasteiger partial charge in [0.2, 0.25) is 0 Å². The van der Waals surface area contributed by atoms with Crippen LogP contribution in [0.1, 0.15) is 38.6 Å². The second-order valence-corrected chi connectivity index (χ2v) is 5.39. The standard InChI is InChI=1S/C13H23N3O3/c1-10-8-11(19-16-10)9-14-6-5-7-15-12(17)18-13(2,3)4/h8,14H,5-7,9H2,1-4H3,(H,15,17). The number of hydrogen-bond donors (Lipinski definition) is 2. The lowest BCUT2D eigenvalue weighted by Gasteiger charge is -2.19. The molecule has 0 spiro atoms. The molecule has 6 nitrogen and oxygen atoms in total. The van der Waals surface area contributed by atoms with Gasteiger partial charge < -0.3 is 19.9 Å². The molecule has 1 rings (SSSR count). The predicted octanol–water partition coefficient (Wildman–Crippen LogP) is 1.99. The molecule has 6 heteroatoms. The monoisotopic (exact) mass is 269 g/mol. The molecule has 1 heterocycles. The maximum atomic E-state index is 11.3. The Morgan fingerprint density at radius 3 is 2.74 bits per heavy atom. The summed E-state index contributed by atoms with van der Waals surface area (Å²) in [4.78, 5) is 11.3. The summed E-state index contributed by atoms with van der Waals surface area (Å²) in [5, 5.41) is 9.72. The highest BCUT2D eigenvalue weighted by Crippen LogP contribution is 2.06. The van der Waals surface area contributed by atoms with Crippen LogP contribution in [0.25, 0.3) is 0 Å². The largest absolute Gasteiger partial charge is 0.444 e. The lowest BCUT2D eigenvalue weighted by molar-refractivity contribution is 0.0527. The van der Waals surface area contributed by atoms with Gasteiger partial charge in [0.25, 0.3) is 0 Å². The number of carbonyl (C=O) groups excluding carboxylic acids is 1. The van der Waals surface area contributed by atoms with Gasteiger partial charge in [-0.05, 0) is 40.7 Å². The van der Waals surface area contributed by atoms with Crippen molar-refractivity contribution in [3.8, 4) is 0 Å². The van der Waals surface area contributed by atoms with Gasteiger partial charge in [0, 0.05) is 12.6 Å². The normalized spacial score (nSPS) is 11.4. The second-order valence-electron chi connectivity index (χ2n) is 5.39. The van der Waals surface area contributed by atoms with Gasteiger partial charge in [-0.1, -0.05) is 5.16 Å². The first-order valence-corrected chi connectivity index (χ1v) is 6.46. The van der Waals surface area contributed by atoms with E-state index in [0.717, 1.165) is 24.4 Å². The van der Waals surface area contributed by atoms with Gasteiger partial charge in [-0.2, -0.15) is 0 Å². The van der Waals surface area contributed by atoms with Crippen LogP contribution in [0.5, 0.6) is 0 Å². The van der Waals surface area contributed by atoms with Crippen molar-refractivity contribution in [2.24, 2.45) is 0 Å². The van der Waals surface area contributed by atoms with Crippen LogP contribution in [-0.4, -0.2) is 29.9 Å². The van der Waals surface area contributed by atoms with E-state index in [-0.39, 0.29) is 6.09 Å². The van der Waals surface area contributed by atoms with Gasteiger partial charge in [0.15, 0.2) is 5.76 Å². The Morgan fingerprint density at radius 1 is 1.42 bits per heavy atom. The number of aryl methyl sites for hydroxylation is 1. The van der Waals surface area contributed by atoms with Gasteiger partial charge in [0.1, 0.15) is 5.60 Å². The summed E-state index contributed by atoms with van der Waals surface area (Å²) in [7, 11) is 0. The van der Waals surface area contributed by atoms with Crippen molar-refractivity contribution in [3.63, 3.8) is 0 Å². The SMILES string of the molecule is Cc1cc(CNCCCNC(=O)OC(C)(C)C)on1. The predicted molar refractivity (Wildman–Crippen MR) is 71.8 cm³/mol. The molecule has 0 aromatic carbocycles. The maximum Gasteiger partial charge on any atom is 0.407 e. The molecule has 0 saturated heterocycles. The maximum absolute atomic E-state index is 11.3. The third-order valence-electron chi connectivity index (χ3n) is 2.17. The van der Waals surface area contributed by atoms with Gasteiger partial charge in [-0.15, -0.1) is 0 Å². The van der Waals surface area contributed by atoms with E-state index in [9.17, 15) is 4.79 Å². The number of amides is 1. The summed E-state index contributed by atoms with van der Waals surface area (Å²) < 4.78 is 10.2. The number of aromatic nitrogens is 1. The first kappa shape index (κ1) is 15.5. The molecular weight excluding hydrogens is 246 g/mol. The molecular formula is C13H23N3O3. The molecule has 1 aromatic rings. The molecule has 0 aliphatic rings. The number of nitrogens with zero attached hydrogens (tertiary/aromatic N) is 1. The zero-order valence-electron chi connectivity index (χ0n) is 12.1. The van der Waals surface area contributed by atoms with Crippen LogP contribution >= 0.6 is 0 Å². The van der Waals surface area contributed by atoms with E-state index in [1.54, 1.807) is 0 Å². The zero-order valence-corrected chi connectivity index (χ0v) is 12.1. The smallest absolute Gasteiger partial charge is 0.407 e. The molecule has 0 aliphatic carbocycles. The average molecular weight is 269 g/mol. The van der Waals surface area contributed by atoms with E-state index >= 15 is 0 Å². The van der Waals surface area contributed by atoms with Crippen LogP contribution in [0.15, 0.2) is 10.6 Å². The highest BCUT2D eigenvalue weighted by Gasteiger charge is 2.15. The minimum Gasteiger partial charge on any atom is -0.444 e. The van der Waals surface area contributed by atoms with Crippen molar-refractivity contribution >= 4 is 6.09 Å². The highest BCUT2D eigenvalue weighted by molar-refractivity contribution is 5.67. The number of rotatable bonds is 6. The lowest BCUT2D eigenvalue weighted by atomic mass is 10.2. The Bertz CT molecular complexity index is 396. The Hall–Kier alpha value is -1.56. The van der Waals surface area contributed by atoms with Crippen LogP contribution in [0.4, 0.5) is 4.79 Å². The highest BCUT2D eigenvalue weighted by atomic mass is 16.6. The summed E-state index contributed by atoms with van der Waals surface area (Å²) in [5.74, 6) is 0.817. The minimum absolute atomic E-state index is 0.377. The molecule has 0 aliphatic heterocycles. The quantitative estimate of drug-likeness (QED) is 0.772. The Kier molecular flexibility index (Phi) is 5.82. The van der Waals surface area contributed by atoms with Crippen molar-refractivity contribution in [2.45, 2.75) is 46.3 Å². The van der Waals surface area contributed by atoms with Crippen molar-refractivity contribution in [3.05, 3.63) is 17.5 Å². The summed E-state index contributed by atoms with van der Waals surface area (Å²) in [5.41, 5.74) is 0.426. The van der Waals surface area contributed by atoms with Crippen LogP contribution in [0.3, 0.4) is 0 Å². The van der Waals surface area contributed by atoms with Gasteiger partial charge in [0.05, 0.1) is 12.2 Å². The summed E-state index contributed by atoms with van der Waals surface area (Å²) in [6, 6.07) is 1.89. The number of ether oxygens (including phenoxy) is 1. The minimum atomic E-state index is -0.452. The van der Waals surface area contributed by atoms with Crippen LogP contribution in [0.2, 0.25) is 0 Å². The van der Waals surface area contributed by atoms with Crippen LogP contribution in [-0.2, 0) is 11.3 Å². The molecule has 0 saturated carbocycles. The van der Waals surface area contributed by atoms with Crippen molar-refractivity contribution in [1.82, 2.24) is 15.8 Å². The topological polar surface area (TPSA) is 76.4 Å². The number of hydrogen-bond acceptors (Lipinski definition) is 5. The average Bonchev–Trinajstić information content (AvgIpc) is 2.67.